The summed E-state index contributed by atoms with van der Waals surface area (Å²) in [5.41, 5.74) is 0. The number of halogens is 1. The van der Waals surface area contributed by atoms with E-state index in [1.807, 2.05) is 10.8 Å². The molecule has 0 bridgehead atoms. The molecule has 2 aromatic heterocycles. The summed E-state index contributed by atoms with van der Waals surface area (Å²) in [7, 11) is 0. The van der Waals surface area contributed by atoms with Gasteiger partial charge in [0, 0.05) is 18.9 Å². The first-order valence-corrected chi connectivity index (χ1v) is 5.87. The summed E-state index contributed by atoms with van der Waals surface area (Å²) in [5, 5.41) is 0.227. The zero-order chi connectivity index (χ0) is 12.3. The summed E-state index contributed by atoms with van der Waals surface area (Å²) in [6, 6.07) is 3.14. The van der Waals surface area contributed by atoms with Crippen LogP contribution in [0.2, 0.25) is 5.22 Å². The average molecular weight is 253 g/mol. The molecule has 0 aromatic carbocycles. The van der Waals surface area contributed by atoms with E-state index in [0.29, 0.717) is 0 Å². The Bertz CT molecular complexity index is 516. The van der Waals surface area contributed by atoms with Gasteiger partial charge in [0.1, 0.15) is 5.82 Å². The van der Waals surface area contributed by atoms with Gasteiger partial charge in [-0.1, -0.05) is 6.92 Å². The van der Waals surface area contributed by atoms with Crippen molar-refractivity contribution in [2.75, 3.05) is 0 Å². The molecule has 4 nitrogen and oxygen atoms in total. The quantitative estimate of drug-likeness (QED) is 0.769. The fourth-order valence-electron chi connectivity index (χ4n) is 1.65. The first-order chi connectivity index (χ1) is 8.20. The van der Waals surface area contributed by atoms with Crippen LogP contribution in [0.4, 0.5) is 0 Å². The van der Waals surface area contributed by atoms with Gasteiger partial charge >= 0.3 is 0 Å². The predicted octanol–water partition coefficient (Wildman–Crippen LogP) is 2.96. The molecule has 2 heterocycles. The Morgan fingerprint density at radius 3 is 3.00 bits per heavy atom. The van der Waals surface area contributed by atoms with Gasteiger partial charge in [0.15, 0.2) is 11.0 Å². The first kappa shape index (κ1) is 11.9. The lowest BCUT2D eigenvalue weighted by molar-refractivity contribution is 0.0963. The maximum Gasteiger partial charge on any atom is 0.205 e. The van der Waals surface area contributed by atoms with Crippen molar-refractivity contribution in [3.8, 4) is 0 Å². The number of hydrogen-bond donors (Lipinski definition) is 0. The van der Waals surface area contributed by atoms with E-state index in [1.165, 1.54) is 0 Å². The minimum atomic E-state index is -0.111. The number of imidazole rings is 1. The van der Waals surface area contributed by atoms with Crippen LogP contribution in [0.5, 0.6) is 0 Å². The van der Waals surface area contributed by atoms with E-state index in [1.54, 1.807) is 18.3 Å². The maximum atomic E-state index is 11.9. The van der Waals surface area contributed by atoms with Crippen molar-refractivity contribution in [3.05, 3.63) is 41.3 Å². The number of Topliss-reactive ketones (excluding diaryl/α,β-unsaturated/α-hetero) is 1. The number of aromatic nitrogens is 2. The van der Waals surface area contributed by atoms with Gasteiger partial charge in [0.05, 0.1) is 6.42 Å². The van der Waals surface area contributed by atoms with Gasteiger partial charge in [-0.15, -0.1) is 0 Å². The highest BCUT2D eigenvalue weighted by Gasteiger charge is 2.14. The van der Waals surface area contributed by atoms with Crippen LogP contribution in [0.25, 0.3) is 0 Å². The second-order valence-corrected chi connectivity index (χ2v) is 4.11. The Kier molecular flexibility index (Phi) is 3.64. The third-order valence-electron chi connectivity index (χ3n) is 2.43. The molecule has 90 valence electrons. The Morgan fingerprint density at radius 2 is 2.35 bits per heavy atom. The third-order valence-corrected chi connectivity index (χ3v) is 2.64. The Balaban J connectivity index is 2.10. The summed E-state index contributed by atoms with van der Waals surface area (Å²) in [6.07, 6.45) is 4.82. The minimum absolute atomic E-state index is 0.111. The number of carbonyl (C=O) groups is 1. The third kappa shape index (κ3) is 2.77. The lowest BCUT2D eigenvalue weighted by Crippen LogP contribution is -2.09. The van der Waals surface area contributed by atoms with Crippen LogP contribution in [0.15, 0.2) is 28.9 Å². The summed E-state index contributed by atoms with van der Waals surface area (Å²) in [4.78, 5) is 16.1. The molecule has 2 rings (SSSR count). The van der Waals surface area contributed by atoms with Gasteiger partial charge in [-0.2, -0.15) is 0 Å². The number of furan rings is 1. The van der Waals surface area contributed by atoms with Crippen molar-refractivity contribution in [2.24, 2.45) is 0 Å². The van der Waals surface area contributed by atoms with Crippen LogP contribution in [-0.4, -0.2) is 15.3 Å². The SMILES string of the molecule is CCCn1ccnc1CC(=O)c1ccc(Cl)o1. The summed E-state index contributed by atoms with van der Waals surface area (Å²) in [5.74, 6) is 0.922. The summed E-state index contributed by atoms with van der Waals surface area (Å²) < 4.78 is 7.05. The molecule has 0 aliphatic heterocycles. The summed E-state index contributed by atoms with van der Waals surface area (Å²) in [6.45, 7) is 2.94. The second-order valence-electron chi connectivity index (χ2n) is 3.74. The predicted molar refractivity (Wildman–Crippen MR) is 64.3 cm³/mol. The second kappa shape index (κ2) is 5.19. The molecule has 0 saturated carbocycles. The lowest BCUT2D eigenvalue weighted by atomic mass is 10.2. The average Bonchev–Trinajstić information content (AvgIpc) is 2.89. The fraction of sp³-hybridized carbons (Fsp3) is 0.333. The van der Waals surface area contributed by atoms with Crippen LogP contribution in [-0.2, 0) is 13.0 Å². The highest BCUT2D eigenvalue weighted by atomic mass is 35.5. The molecule has 0 saturated heterocycles. The van der Waals surface area contributed by atoms with Gasteiger partial charge in [-0.05, 0) is 30.2 Å². The number of nitrogens with zero attached hydrogens (tertiary/aromatic N) is 2. The van der Waals surface area contributed by atoms with E-state index in [-0.39, 0.29) is 23.2 Å². The topological polar surface area (TPSA) is 48.0 Å². The van der Waals surface area contributed by atoms with Crippen LogP contribution in [0, 0.1) is 0 Å². The van der Waals surface area contributed by atoms with Crippen molar-refractivity contribution in [1.29, 1.82) is 0 Å². The van der Waals surface area contributed by atoms with E-state index in [0.717, 1.165) is 18.8 Å². The van der Waals surface area contributed by atoms with Gasteiger partial charge in [-0.25, -0.2) is 4.98 Å². The molecule has 17 heavy (non-hydrogen) atoms. The molecule has 0 N–H and O–H groups in total. The number of ketones is 1. The molecule has 0 amide bonds. The molecule has 0 radical (unpaired) electrons. The molecule has 5 heteroatoms. The Labute approximate surface area is 104 Å². The largest absolute Gasteiger partial charge is 0.442 e. The molecule has 0 spiro atoms. The van der Waals surface area contributed by atoms with Crippen molar-refractivity contribution in [3.63, 3.8) is 0 Å². The zero-order valence-corrected chi connectivity index (χ0v) is 10.3. The summed E-state index contributed by atoms with van der Waals surface area (Å²) >= 11 is 5.63. The van der Waals surface area contributed by atoms with Crippen molar-refractivity contribution < 1.29 is 9.21 Å². The monoisotopic (exact) mass is 252 g/mol. The van der Waals surface area contributed by atoms with Gasteiger partial charge in [0.2, 0.25) is 5.78 Å². The normalized spacial score (nSPS) is 10.7. The molecule has 0 aliphatic rings. The van der Waals surface area contributed by atoms with E-state index >= 15 is 0 Å². The van der Waals surface area contributed by atoms with Crippen LogP contribution >= 0.6 is 11.6 Å². The number of hydrogen-bond acceptors (Lipinski definition) is 3. The van der Waals surface area contributed by atoms with E-state index < -0.39 is 0 Å². The van der Waals surface area contributed by atoms with Crippen LogP contribution < -0.4 is 0 Å². The van der Waals surface area contributed by atoms with Gasteiger partial charge in [-0.3, -0.25) is 4.79 Å². The van der Waals surface area contributed by atoms with E-state index in [9.17, 15) is 4.79 Å². The smallest absolute Gasteiger partial charge is 0.205 e. The highest BCUT2D eigenvalue weighted by Crippen LogP contribution is 2.15. The van der Waals surface area contributed by atoms with Gasteiger partial charge < -0.3 is 8.98 Å². The molecule has 0 unspecified atom stereocenters. The van der Waals surface area contributed by atoms with Crippen molar-refractivity contribution in [2.45, 2.75) is 26.3 Å². The van der Waals surface area contributed by atoms with Crippen LogP contribution in [0.1, 0.15) is 29.7 Å². The molecule has 2 aromatic rings. The number of aryl methyl sites for hydroxylation is 1. The van der Waals surface area contributed by atoms with Gasteiger partial charge in [0.25, 0.3) is 0 Å². The molecule has 0 fully saturated rings. The highest BCUT2D eigenvalue weighted by molar-refractivity contribution is 6.29. The van der Waals surface area contributed by atoms with Crippen molar-refractivity contribution in [1.82, 2.24) is 9.55 Å². The molecule has 0 aliphatic carbocycles. The van der Waals surface area contributed by atoms with E-state index in [2.05, 4.69) is 11.9 Å². The lowest BCUT2D eigenvalue weighted by Gasteiger charge is -2.04. The fourth-order valence-corrected chi connectivity index (χ4v) is 1.79. The first-order valence-electron chi connectivity index (χ1n) is 5.49. The Hall–Kier alpha value is -1.55. The Morgan fingerprint density at radius 1 is 1.53 bits per heavy atom. The van der Waals surface area contributed by atoms with Crippen molar-refractivity contribution >= 4 is 17.4 Å². The number of rotatable bonds is 5. The maximum absolute atomic E-state index is 11.9. The minimum Gasteiger partial charge on any atom is -0.442 e. The molecular weight excluding hydrogens is 240 g/mol. The molecule has 0 atom stereocenters. The molecular formula is C12H13ClN2O2. The van der Waals surface area contributed by atoms with Crippen LogP contribution in [0.3, 0.4) is 0 Å². The number of carbonyl (C=O) groups excluding carboxylic acids is 1. The van der Waals surface area contributed by atoms with E-state index in [4.69, 9.17) is 16.0 Å². The zero-order valence-electron chi connectivity index (χ0n) is 9.52. The standard InChI is InChI=1S/C12H13ClN2O2/c1-2-6-15-7-5-14-12(15)8-9(16)10-3-4-11(13)17-10/h3-5,7H,2,6,8H2,1H3.